The first-order valence-corrected chi connectivity index (χ1v) is 7.20. The number of ether oxygens (including phenoxy) is 2. The van der Waals surface area contributed by atoms with Crippen LogP contribution in [0.15, 0.2) is 16.9 Å². The topological polar surface area (TPSA) is 127 Å². The van der Waals surface area contributed by atoms with E-state index in [-0.39, 0.29) is 24.3 Å². The molecule has 0 atom stereocenters. The van der Waals surface area contributed by atoms with Crippen LogP contribution in [-0.2, 0) is 14.3 Å². The first kappa shape index (κ1) is 19.2. The Bertz CT molecular complexity index is 675. The van der Waals surface area contributed by atoms with Crippen LogP contribution < -0.4 is 16.2 Å². The lowest BCUT2D eigenvalue weighted by atomic mass is 10.2. The van der Waals surface area contributed by atoms with E-state index in [0.717, 1.165) is 0 Å². The maximum absolute atomic E-state index is 11.8. The number of amides is 2. The Morgan fingerprint density at radius 1 is 1.21 bits per heavy atom. The predicted molar refractivity (Wildman–Crippen MR) is 85.9 cm³/mol. The molecule has 3 N–H and O–H groups in total. The van der Waals surface area contributed by atoms with E-state index in [2.05, 4.69) is 20.4 Å². The number of carbonyl (C=O) groups excluding carboxylic acids is 3. The van der Waals surface area contributed by atoms with Crippen molar-refractivity contribution in [3.05, 3.63) is 28.2 Å². The van der Waals surface area contributed by atoms with Crippen molar-refractivity contribution in [3.63, 3.8) is 0 Å². The number of carbonyl (C=O) groups is 3. The van der Waals surface area contributed by atoms with Gasteiger partial charge in [-0.2, -0.15) is 0 Å². The standard InChI is InChI=1S/C15H21N3O6/c1-15(2,3)24-14(22)16-8-7-11(19)17-9-5-6-10(13(21)23-4)18-12(9)20/h5-6H,7-8H2,1-4H3,(H,16,22)(H,17,19)(H,18,20). The molecule has 2 amide bonds. The normalized spacial score (nSPS) is 10.7. The molecule has 0 aromatic carbocycles. The third-order valence-corrected chi connectivity index (χ3v) is 2.61. The Balaban J connectivity index is 2.50. The maximum atomic E-state index is 11.8. The quantitative estimate of drug-likeness (QED) is 0.687. The van der Waals surface area contributed by atoms with Gasteiger partial charge in [0.25, 0.3) is 5.56 Å². The van der Waals surface area contributed by atoms with Crippen molar-refractivity contribution >= 4 is 23.7 Å². The van der Waals surface area contributed by atoms with Crippen molar-refractivity contribution in [2.75, 3.05) is 19.0 Å². The largest absolute Gasteiger partial charge is 0.464 e. The van der Waals surface area contributed by atoms with Gasteiger partial charge in [0.15, 0.2) is 0 Å². The number of nitrogens with one attached hydrogen (secondary N) is 3. The first-order chi connectivity index (χ1) is 11.1. The molecule has 0 fully saturated rings. The van der Waals surface area contributed by atoms with Gasteiger partial charge < -0.3 is 25.1 Å². The highest BCUT2D eigenvalue weighted by atomic mass is 16.6. The fourth-order valence-corrected chi connectivity index (χ4v) is 1.61. The number of pyridine rings is 1. The van der Waals surface area contributed by atoms with Crippen LogP contribution >= 0.6 is 0 Å². The van der Waals surface area contributed by atoms with Crippen molar-refractivity contribution in [1.29, 1.82) is 0 Å². The van der Waals surface area contributed by atoms with Crippen molar-refractivity contribution < 1.29 is 23.9 Å². The van der Waals surface area contributed by atoms with Crippen LogP contribution in [0, 0.1) is 0 Å². The molecule has 1 aromatic rings. The van der Waals surface area contributed by atoms with E-state index in [9.17, 15) is 19.2 Å². The Morgan fingerprint density at radius 2 is 1.88 bits per heavy atom. The third-order valence-electron chi connectivity index (χ3n) is 2.61. The molecule has 0 spiro atoms. The molecule has 1 aromatic heterocycles. The average molecular weight is 339 g/mol. The van der Waals surface area contributed by atoms with Crippen LogP contribution in [0.2, 0.25) is 0 Å². The van der Waals surface area contributed by atoms with E-state index in [1.54, 1.807) is 20.8 Å². The summed E-state index contributed by atoms with van der Waals surface area (Å²) in [6.07, 6.45) is -0.673. The minimum absolute atomic E-state index is 0.00933. The van der Waals surface area contributed by atoms with Gasteiger partial charge >= 0.3 is 12.1 Å². The zero-order valence-electron chi connectivity index (χ0n) is 14.0. The summed E-state index contributed by atoms with van der Waals surface area (Å²) in [6, 6.07) is 2.62. The van der Waals surface area contributed by atoms with Crippen LogP contribution in [-0.4, -0.2) is 42.2 Å². The molecular formula is C15H21N3O6. The van der Waals surface area contributed by atoms with E-state index in [4.69, 9.17) is 4.74 Å². The molecule has 0 bridgehead atoms. The molecule has 0 saturated heterocycles. The number of hydrogen-bond donors (Lipinski definition) is 3. The highest BCUT2D eigenvalue weighted by Crippen LogP contribution is 2.06. The van der Waals surface area contributed by atoms with E-state index in [1.807, 2.05) is 0 Å². The van der Waals surface area contributed by atoms with Crippen molar-refractivity contribution in [2.45, 2.75) is 32.8 Å². The number of esters is 1. The Morgan fingerprint density at radius 3 is 2.42 bits per heavy atom. The van der Waals surface area contributed by atoms with Crippen LogP contribution in [0.25, 0.3) is 0 Å². The average Bonchev–Trinajstić information content (AvgIpc) is 2.46. The van der Waals surface area contributed by atoms with Gasteiger partial charge in [-0.15, -0.1) is 0 Å². The Labute approximate surface area is 138 Å². The minimum atomic E-state index is -0.688. The first-order valence-electron chi connectivity index (χ1n) is 7.20. The molecule has 0 aliphatic carbocycles. The monoisotopic (exact) mass is 339 g/mol. The molecular weight excluding hydrogens is 318 g/mol. The summed E-state index contributed by atoms with van der Waals surface area (Å²) >= 11 is 0. The molecule has 0 saturated carbocycles. The van der Waals surface area contributed by atoms with E-state index < -0.39 is 29.1 Å². The molecule has 1 rings (SSSR count). The summed E-state index contributed by atoms with van der Waals surface area (Å²) in [7, 11) is 1.19. The number of aromatic amines is 1. The van der Waals surface area contributed by atoms with Gasteiger partial charge in [-0.3, -0.25) is 9.59 Å². The van der Waals surface area contributed by atoms with Crippen LogP contribution in [0.5, 0.6) is 0 Å². The summed E-state index contributed by atoms with van der Waals surface area (Å²) in [5.74, 6) is -1.16. The zero-order valence-corrected chi connectivity index (χ0v) is 14.0. The highest BCUT2D eigenvalue weighted by Gasteiger charge is 2.16. The van der Waals surface area contributed by atoms with Crippen molar-refractivity contribution in [2.24, 2.45) is 0 Å². The number of methoxy groups -OCH3 is 1. The summed E-state index contributed by atoms with van der Waals surface area (Å²) in [5.41, 5.74) is -1.29. The Hall–Kier alpha value is -2.84. The predicted octanol–water partition coefficient (Wildman–Crippen LogP) is 1.01. The van der Waals surface area contributed by atoms with Gasteiger partial charge in [-0.05, 0) is 32.9 Å². The van der Waals surface area contributed by atoms with Gasteiger partial charge in [0.2, 0.25) is 5.91 Å². The van der Waals surface area contributed by atoms with Crippen LogP contribution in [0.4, 0.5) is 10.5 Å². The van der Waals surface area contributed by atoms with Crippen molar-refractivity contribution in [3.8, 4) is 0 Å². The number of H-pyrrole nitrogens is 1. The lowest BCUT2D eigenvalue weighted by Crippen LogP contribution is -2.34. The summed E-state index contributed by atoms with van der Waals surface area (Å²) in [5, 5.41) is 4.82. The SMILES string of the molecule is COC(=O)c1ccc(NC(=O)CCNC(=O)OC(C)(C)C)c(=O)[nH]1. The molecule has 24 heavy (non-hydrogen) atoms. The fourth-order valence-electron chi connectivity index (χ4n) is 1.61. The molecule has 9 nitrogen and oxygen atoms in total. The number of anilines is 1. The van der Waals surface area contributed by atoms with E-state index >= 15 is 0 Å². The molecule has 132 valence electrons. The molecule has 1 heterocycles. The van der Waals surface area contributed by atoms with Gasteiger partial charge in [0, 0.05) is 13.0 Å². The number of alkyl carbamates (subject to hydrolysis) is 1. The second kappa shape index (κ2) is 8.14. The van der Waals surface area contributed by atoms with Crippen LogP contribution in [0.3, 0.4) is 0 Å². The molecule has 0 radical (unpaired) electrons. The van der Waals surface area contributed by atoms with Crippen molar-refractivity contribution in [1.82, 2.24) is 10.3 Å². The second-order valence-electron chi connectivity index (χ2n) is 5.83. The number of aromatic nitrogens is 1. The fraction of sp³-hybridized carbons (Fsp3) is 0.467. The van der Waals surface area contributed by atoms with E-state index in [1.165, 1.54) is 19.2 Å². The third kappa shape index (κ3) is 6.51. The lowest BCUT2D eigenvalue weighted by molar-refractivity contribution is -0.116. The van der Waals surface area contributed by atoms with E-state index in [0.29, 0.717) is 0 Å². The summed E-state index contributed by atoms with van der Waals surface area (Å²) in [4.78, 5) is 48.5. The van der Waals surface area contributed by atoms with Gasteiger partial charge in [-0.1, -0.05) is 0 Å². The van der Waals surface area contributed by atoms with Gasteiger partial charge in [-0.25, -0.2) is 9.59 Å². The number of hydrogen-bond acceptors (Lipinski definition) is 6. The lowest BCUT2D eigenvalue weighted by Gasteiger charge is -2.19. The Kier molecular flexibility index (Phi) is 6.51. The summed E-state index contributed by atoms with van der Waals surface area (Å²) in [6.45, 7) is 5.23. The zero-order chi connectivity index (χ0) is 18.3. The molecule has 0 unspecified atom stereocenters. The number of rotatable bonds is 5. The molecule has 9 heteroatoms. The smallest absolute Gasteiger partial charge is 0.407 e. The molecule has 0 aliphatic heterocycles. The maximum Gasteiger partial charge on any atom is 0.407 e. The highest BCUT2D eigenvalue weighted by molar-refractivity contribution is 5.92. The van der Waals surface area contributed by atoms with Gasteiger partial charge in [0.05, 0.1) is 7.11 Å². The van der Waals surface area contributed by atoms with Gasteiger partial charge in [0.1, 0.15) is 17.0 Å². The summed E-state index contributed by atoms with van der Waals surface area (Å²) < 4.78 is 9.50. The van der Waals surface area contributed by atoms with Crippen LogP contribution in [0.1, 0.15) is 37.7 Å². The minimum Gasteiger partial charge on any atom is -0.464 e. The second-order valence-corrected chi connectivity index (χ2v) is 5.83. The molecule has 0 aliphatic rings.